The van der Waals surface area contributed by atoms with Crippen LogP contribution in [0.1, 0.15) is 6.92 Å². The van der Waals surface area contributed by atoms with Crippen molar-refractivity contribution < 1.29 is 47.4 Å². The quantitative estimate of drug-likeness (QED) is 0.138. The lowest BCUT2D eigenvalue weighted by atomic mass is 10.3. The first-order valence-electron chi connectivity index (χ1n) is 13.5. The second kappa shape index (κ2) is 27.7. The number of likely N-dealkylation sites (N-methyl/N-ethyl adjacent to an activating group) is 1. The van der Waals surface area contributed by atoms with Gasteiger partial charge in [0.1, 0.15) is 12.4 Å². The van der Waals surface area contributed by atoms with Gasteiger partial charge < -0.3 is 53.3 Å². The number of rotatable bonds is 29. The van der Waals surface area contributed by atoms with E-state index >= 15 is 0 Å². The van der Waals surface area contributed by atoms with Crippen molar-refractivity contribution in [3.63, 3.8) is 0 Å². The molecule has 0 aliphatic rings. The minimum absolute atomic E-state index is 0.105. The third-order valence-corrected chi connectivity index (χ3v) is 4.77. The van der Waals surface area contributed by atoms with E-state index in [9.17, 15) is 4.79 Å². The predicted molar refractivity (Wildman–Crippen MR) is 147 cm³/mol. The molecule has 12 heteroatoms. The number of nitrogens with one attached hydrogen (secondary N) is 2. The molecule has 1 aromatic carbocycles. The summed E-state index contributed by atoms with van der Waals surface area (Å²) in [6.07, 6.45) is 0. The summed E-state index contributed by atoms with van der Waals surface area (Å²) in [6.45, 7) is 11.2. The summed E-state index contributed by atoms with van der Waals surface area (Å²) < 4.78 is 49.1. The molecular weight excluding hydrogens is 512 g/mol. The van der Waals surface area contributed by atoms with Crippen LogP contribution in [0.25, 0.3) is 0 Å². The fourth-order valence-corrected chi connectivity index (χ4v) is 2.87. The van der Waals surface area contributed by atoms with Crippen molar-refractivity contribution in [2.24, 2.45) is 0 Å². The van der Waals surface area contributed by atoms with Crippen LogP contribution in [0.15, 0.2) is 24.3 Å². The van der Waals surface area contributed by atoms with Gasteiger partial charge in [0.05, 0.1) is 106 Å². The van der Waals surface area contributed by atoms with Crippen molar-refractivity contribution in [3.05, 3.63) is 24.3 Å². The van der Waals surface area contributed by atoms with Gasteiger partial charge in [-0.1, -0.05) is 0 Å². The zero-order valence-electron chi connectivity index (χ0n) is 23.6. The van der Waals surface area contributed by atoms with E-state index in [1.807, 2.05) is 7.05 Å². The van der Waals surface area contributed by atoms with Gasteiger partial charge in [-0.25, -0.2) is 0 Å². The largest absolute Gasteiger partial charge is 0.491 e. The van der Waals surface area contributed by atoms with Crippen LogP contribution in [0.3, 0.4) is 0 Å². The van der Waals surface area contributed by atoms with E-state index in [1.165, 1.54) is 6.92 Å². The summed E-state index contributed by atoms with van der Waals surface area (Å²) in [5.41, 5.74) is 0.735. The minimum Gasteiger partial charge on any atom is -0.491 e. The normalized spacial score (nSPS) is 11.1. The highest BCUT2D eigenvalue weighted by atomic mass is 16.6. The molecule has 0 aliphatic heterocycles. The Kier molecular flexibility index (Phi) is 25.0. The molecule has 0 saturated heterocycles. The van der Waals surface area contributed by atoms with E-state index in [2.05, 4.69) is 10.6 Å². The van der Waals surface area contributed by atoms with Crippen molar-refractivity contribution in [1.29, 1.82) is 0 Å². The Balaban J connectivity index is 1.70. The van der Waals surface area contributed by atoms with Gasteiger partial charge in [0.2, 0.25) is 5.91 Å². The average molecular weight is 561 g/mol. The lowest BCUT2D eigenvalue weighted by Gasteiger charge is -2.09. The Bertz CT molecular complexity index is 666. The van der Waals surface area contributed by atoms with Gasteiger partial charge in [-0.3, -0.25) is 4.79 Å². The van der Waals surface area contributed by atoms with Gasteiger partial charge in [-0.2, -0.15) is 0 Å². The zero-order chi connectivity index (χ0) is 28.1. The standard InChI is InChI=1S/C27H48N2O10/c1-25(30)29-26-3-5-27(6-4-26)39-24-23-38-22-21-37-20-19-36-18-17-35-16-15-34-14-13-33-12-11-32-10-9-31-8-7-28-2/h3-6,28H,7-24H2,1-2H3,(H,29,30). The van der Waals surface area contributed by atoms with Crippen molar-refractivity contribution >= 4 is 11.6 Å². The molecule has 0 aliphatic carbocycles. The number of ether oxygens (including phenoxy) is 9. The van der Waals surface area contributed by atoms with Crippen LogP contribution in [0.2, 0.25) is 0 Å². The molecule has 0 radical (unpaired) electrons. The van der Waals surface area contributed by atoms with Crippen LogP contribution in [0.4, 0.5) is 5.69 Å². The molecule has 0 spiro atoms. The summed E-state index contributed by atoms with van der Waals surface area (Å²) in [6, 6.07) is 7.18. The lowest BCUT2D eigenvalue weighted by Crippen LogP contribution is -2.17. The molecule has 0 unspecified atom stereocenters. The minimum atomic E-state index is -0.105. The van der Waals surface area contributed by atoms with E-state index < -0.39 is 0 Å². The smallest absolute Gasteiger partial charge is 0.221 e. The molecule has 1 amide bonds. The highest BCUT2D eigenvalue weighted by Crippen LogP contribution is 2.15. The fraction of sp³-hybridized carbons (Fsp3) is 0.741. The molecule has 0 heterocycles. The van der Waals surface area contributed by atoms with Crippen molar-refractivity contribution in [3.8, 4) is 5.75 Å². The maximum absolute atomic E-state index is 11.0. The SMILES string of the molecule is CNCCOCCOCCOCCOCCOCCOCCOCCOCCOc1ccc(NC(C)=O)cc1. The summed E-state index contributed by atoms with van der Waals surface area (Å²) in [5, 5.41) is 5.72. The number of hydrogen-bond acceptors (Lipinski definition) is 11. The summed E-state index contributed by atoms with van der Waals surface area (Å²) in [4.78, 5) is 11.0. The molecule has 2 N–H and O–H groups in total. The molecule has 226 valence electrons. The molecule has 1 rings (SSSR count). The number of carbonyl (C=O) groups is 1. The second-order valence-corrected chi connectivity index (χ2v) is 8.06. The molecule has 1 aromatic rings. The zero-order valence-corrected chi connectivity index (χ0v) is 23.6. The highest BCUT2D eigenvalue weighted by molar-refractivity contribution is 5.88. The molecule has 0 saturated carbocycles. The third kappa shape index (κ3) is 24.9. The van der Waals surface area contributed by atoms with Crippen molar-refractivity contribution in [1.82, 2.24) is 5.32 Å². The van der Waals surface area contributed by atoms with Crippen LogP contribution in [-0.2, 0) is 42.7 Å². The number of benzene rings is 1. The Hall–Kier alpha value is -1.87. The number of hydrogen-bond donors (Lipinski definition) is 2. The number of anilines is 1. The van der Waals surface area contributed by atoms with E-state index in [0.29, 0.717) is 112 Å². The van der Waals surface area contributed by atoms with E-state index in [1.54, 1.807) is 24.3 Å². The third-order valence-electron chi connectivity index (χ3n) is 4.77. The van der Waals surface area contributed by atoms with Crippen molar-refractivity contribution in [2.75, 3.05) is 131 Å². The molecule has 0 atom stereocenters. The van der Waals surface area contributed by atoms with Crippen molar-refractivity contribution in [2.45, 2.75) is 6.92 Å². The van der Waals surface area contributed by atoms with Crippen LogP contribution in [-0.4, -0.2) is 132 Å². The van der Waals surface area contributed by atoms with E-state index in [-0.39, 0.29) is 5.91 Å². The van der Waals surface area contributed by atoms with Gasteiger partial charge in [0.25, 0.3) is 0 Å². The molecule has 0 bridgehead atoms. The van der Waals surface area contributed by atoms with Crippen LogP contribution < -0.4 is 15.4 Å². The molecule has 39 heavy (non-hydrogen) atoms. The Morgan fingerprint density at radius 2 is 0.872 bits per heavy atom. The lowest BCUT2D eigenvalue weighted by molar-refractivity contribution is -0.114. The molecule has 12 nitrogen and oxygen atoms in total. The Labute approximate surface area is 232 Å². The van der Waals surface area contributed by atoms with Gasteiger partial charge in [-0.05, 0) is 31.3 Å². The first-order chi connectivity index (χ1) is 19.2. The van der Waals surface area contributed by atoms with Gasteiger partial charge >= 0.3 is 0 Å². The summed E-state index contributed by atoms with van der Waals surface area (Å²) in [5.74, 6) is 0.616. The van der Waals surface area contributed by atoms with Crippen LogP contribution in [0, 0.1) is 0 Å². The highest BCUT2D eigenvalue weighted by Gasteiger charge is 1.98. The first kappa shape index (κ1) is 35.2. The topological polar surface area (TPSA) is 124 Å². The van der Waals surface area contributed by atoms with Gasteiger partial charge in [0, 0.05) is 19.2 Å². The Morgan fingerprint density at radius 3 is 1.21 bits per heavy atom. The van der Waals surface area contributed by atoms with Crippen LogP contribution in [0.5, 0.6) is 5.75 Å². The van der Waals surface area contributed by atoms with Gasteiger partial charge in [0.15, 0.2) is 0 Å². The van der Waals surface area contributed by atoms with E-state index in [0.717, 1.165) is 18.0 Å². The summed E-state index contributed by atoms with van der Waals surface area (Å²) >= 11 is 0. The Morgan fingerprint density at radius 1 is 0.538 bits per heavy atom. The first-order valence-corrected chi connectivity index (χ1v) is 13.5. The second-order valence-electron chi connectivity index (χ2n) is 8.06. The number of amides is 1. The molecule has 0 fully saturated rings. The van der Waals surface area contributed by atoms with Gasteiger partial charge in [-0.15, -0.1) is 0 Å². The summed E-state index contributed by atoms with van der Waals surface area (Å²) in [7, 11) is 1.89. The monoisotopic (exact) mass is 560 g/mol. The number of carbonyl (C=O) groups excluding carboxylic acids is 1. The molecule has 0 aromatic heterocycles. The average Bonchev–Trinajstić information content (AvgIpc) is 2.93. The maximum Gasteiger partial charge on any atom is 0.221 e. The maximum atomic E-state index is 11.0. The predicted octanol–water partition coefficient (Wildman–Crippen LogP) is 1.38. The molecular formula is C27H48N2O10. The fourth-order valence-electron chi connectivity index (χ4n) is 2.87. The van der Waals surface area contributed by atoms with Crippen LogP contribution >= 0.6 is 0 Å². The van der Waals surface area contributed by atoms with E-state index in [4.69, 9.17) is 42.6 Å².